The summed E-state index contributed by atoms with van der Waals surface area (Å²) < 4.78 is 0. The summed E-state index contributed by atoms with van der Waals surface area (Å²) in [7, 11) is 0. The number of anilines is 1. The van der Waals surface area contributed by atoms with Gasteiger partial charge in [-0.2, -0.15) is 0 Å². The van der Waals surface area contributed by atoms with Gasteiger partial charge >= 0.3 is 0 Å². The smallest absolute Gasteiger partial charge is 0.251 e. The topological polar surface area (TPSA) is 35.6 Å². The predicted molar refractivity (Wildman–Crippen MR) is 108 cm³/mol. The van der Waals surface area contributed by atoms with Gasteiger partial charge in [-0.25, -0.2) is 0 Å². The molecule has 4 heteroatoms. The van der Waals surface area contributed by atoms with Crippen molar-refractivity contribution in [3.63, 3.8) is 0 Å². The molecule has 1 aliphatic heterocycles. The number of carbonyl (C=O) groups excluding carboxylic acids is 1. The number of hydrogen-bond donors (Lipinski definition) is 1. The van der Waals surface area contributed by atoms with E-state index in [0.717, 1.165) is 32.7 Å². The van der Waals surface area contributed by atoms with Gasteiger partial charge in [-0.15, -0.1) is 6.58 Å². The fourth-order valence-electron chi connectivity index (χ4n) is 3.35. The second-order valence-corrected chi connectivity index (χ2v) is 6.75. The van der Waals surface area contributed by atoms with Gasteiger partial charge in [0, 0.05) is 50.5 Å². The fourth-order valence-corrected chi connectivity index (χ4v) is 3.35. The van der Waals surface area contributed by atoms with Crippen molar-refractivity contribution in [1.29, 1.82) is 0 Å². The number of nitrogens with one attached hydrogen (secondary N) is 1. The number of para-hydroxylation sites is 1. The zero-order chi connectivity index (χ0) is 18.4. The van der Waals surface area contributed by atoms with Crippen LogP contribution in [0.5, 0.6) is 0 Å². The Labute approximate surface area is 156 Å². The number of piperazine rings is 1. The van der Waals surface area contributed by atoms with Crippen molar-refractivity contribution in [1.82, 2.24) is 10.2 Å². The standard InChI is InChI=1S/C22H27N3O/c1-3-12-23-22(26)20-10-8-19(9-11-20)17-24-13-15-25(16-14-24)21-7-5-4-6-18(21)2/h3-11H,1,12-17H2,2H3,(H,23,26). The highest BCUT2D eigenvalue weighted by atomic mass is 16.1. The van der Waals surface area contributed by atoms with Crippen LogP contribution in [0.15, 0.2) is 61.2 Å². The zero-order valence-corrected chi connectivity index (χ0v) is 15.4. The van der Waals surface area contributed by atoms with Crippen LogP contribution in [0, 0.1) is 6.92 Å². The third-order valence-electron chi connectivity index (χ3n) is 4.86. The van der Waals surface area contributed by atoms with Gasteiger partial charge in [0.1, 0.15) is 0 Å². The summed E-state index contributed by atoms with van der Waals surface area (Å²) in [4.78, 5) is 16.9. The Hall–Kier alpha value is -2.59. The molecule has 0 atom stereocenters. The average Bonchev–Trinajstić information content (AvgIpc) is 2.68. The first-order valence-electron chi connectivity index (χ1n) is 9.18. The van der Waals surface area contributed by atoms with Crippen molar-refractivity contribution in [2.24, 2.45) is 0 Å². The third kappa shape index (κ3) is 4.52. The molecule has 26 heavy (non-hydrogen) atoms. The lowest BCUT2D eigenvalue weighted by atomic mass is 10.1. The van der Waals surface area contributed by atoms with Gasteiger partial charge < -0.3 is 10.2 Å². The summed E-state index contributed by atoms with van der Waals surface area (Å²) in [6, 6.07) is 16.5. The van der Waals surface area contributed by atoms with Gasteiger partial charge in [0.15, 0.2) is 0 Å². The SMILES string of the molecule is C=CCNC(=O)c1ccc(CN2CCN(c3ccccc3C)CC2)cc1. The highest BCUT2D eigenvalue weighted by Gasteiger charge is 2.18. The Morgan fingerprint density at radius 1 is 1.08 bits per heavy atom. The van der Waals surface area contributed by atoms with E-state index < -0.39 is 0 Å². The molecule has 1 N–H and O–H groups in total. The molecule has 1 fully saturated rings. The zero-order valence-electron chi connectivity index (χ0n) is 15.4. The number of rotatable bonds is 6. The Morgan fingerprint density at radius 2 is 1.77 bits per heavy atom. The Balaban J connectivity index is 1.52. The van der Waals surface area contributed by atoms with Gasteiger partial charge in [0.05, 0.1) is 0 Å². The molecule has 0 unspecified atom stereocenters. The molecule has 136 valence electrons. The third-order valence-corrected chi connectivity index (χ3v) is 4.86. The first-order chi connectivity index (χ1) is 12.7. The van der Waals surface area contributed by atoms with Crippen LogP contribution in [-0.2, 0) is 6.54 Å². The van der Waals surface area contributed by atoms with Gasteiger partial charge in [-0.3, -0.25) is 9.69 Å². The normalized spacial score (nSPS) is 14.9. The molecule has 0 saturated carbocycles. The maximum atomic E-state index is 11.9. The van der Waals surface area contributed by atoms with Crippen LogP contribution >= 0.6 is 0 Å². The maximum Gasteiger partial charge on any atom is 0.251 e. The van der Waals surface area contributed by atoms with Gasteiger partial charge in [-0.05, 0) is 36.2 Å². The van der Waals surface area contributed by atoms with Crippen LogP contribution in [0.25, 0.3) is 0 Å². The molecule has 0 radical (unpaired) electrons. The molecule has 1 amide bonds. The van der Waals surface area contributed by atoms with Crippen LogP contribution in [0.1, 0.15) is 21.5 Å². The molecule has 1 saturated heterocycles. The molecule has 1 aliphatic rings. The number of carbonyl (C=O) groups is 1. The summed E-state index contributed by atoms with van der Waals surface area (Å²) >= 11 is 0. The maximum absolute atomic E-state index is 11.9. The number of hydrogen-bond acceptors (Lipinski definition) is 3. The van der Waals surface area contributed by atoms with E-state index in [1.807, 2.05) is 12.1 Å². The molecule has 2 aromatic rings. The molecule has 0 aliphatic carbocycles. The van der Waals surface area contributed by atoms with Crippen molar-refractivity contribution in [2.45, 2.75) is 13.5 Å². The molecule has 2 aromatic carbocycles. The van der Waals surface area contributed by atoms with Gasteiger partial charge in [0.2, 0.25) is 0 Å². The van der Waals surface area contributed by atoms with E-state index >= 15 is 0 Å². The Kier molecular flexibility index (Phi) is 6.08. The summed E-state index contributed by atoms with van der Waals surface area (Å²) in [6.45, 7) is 11.4. The van der Waals surface area contributed by atoms with Crippen LogP contribution < -0.4 is 10.2 Å². The highest BCUT2D eigenvalue weighted by molar-refractivity contribution is 5.94. The van der Waals surface area contributed by atoms with E-state index in [4.69, 9.17) is 0 Å². The van der Waals surface area contributed by atoms with E-state index in [2.05, 4.69) is 65.0 Å². The van der Waals surface area contributed by atoms with Crippen molar-refractivity contribution in [2.75, 3.05) is 37.6 Å². The second kappa shape index (κ2) is 8.68. The largest absolute Gasteiger partial charge is 0.369 e. The lowest BCUT2D eigenvalue weighted by Gasteiger charge is -2.36. The first-order valence-corrected chi connectivity index (χ1v) is 9.18. The fraction of sp³-hybridized carbons (Fsp3) is 0.318. The van der Waals surface area contributed by atoms with Crippen molar-refractivity contribution in [3.05, 3.63) is 77.9 Å². The lowest BCUT2D eigenvalue weighted by molar-refractivity contribution is 0.0958. The first kappa shape index (κ1) is 18.2. The van der Waals surface area contributed by atoms with Gasteiger partial charge in [-0.1, -0.05) is 36.4 Å². The molecule has 3 rings (SSSR count). The molecule has 0 bridgehead atoms. The summed E-state index contributed by atoms with van der Waals surface area (Å²) in [5, 5.41) is 2.80. The highest BCUT2D eigenvalue weighted by Crippen LogP contribution is 2.21. The number of aryl methyl sites for hydroxylation is 1. The molecular formula is C22H27N3O. The molecule has 1 heterocycles. The van der Waals surface area contributed by atoms with E-state index in [1.165, 1.54) is 16.8 Å². The van der Waals surface area contributed by atoms with Crippen LogP contribution in [0.2, 0.25) is 0 Å². The average molecular weight is 349 g/mol. The van der Waals surface area contributed by atoms with Crippen molar-refractivity contribution >= 4 is 11.6 Å². The Bertz CT molecular complexity index is 746. The summed E-state index contributed by atoms with van der Waals surface area (Å²) in [5.41, 5.74) is 4.63. The van der Waals surface area contributed by atoms with Crippen molar-refractivity contribution < 1.29 is 4.79 Å². The lowest BCUT2D eigenvalue weighted by Crippen LogP contribution is -2.46. The number of nitrogens with zero attached hydrogens (tertiary/aromatic N) is 2. The summed E-state index contributed by atoms with van der Waals surface area (Å²) in [6.07, 6.45) is 1.68. The Morgan fingerprint density at radius 3 is 2.42 bits per heavy atom. The van der Waals surface area contributed by atoms with E-state index in [0.29, 0.717) is 12.1 Å². The van der Waals surface area contributed by atoms with Crippen LogP contribution in [0.4, 0.5) is 5.69 Å². The predicted octanol–water partition coefficient (Wildman–Crippen LogP) is 3.23. The second-order valence-electron chi connectivity index (χ2n) is 6.75. The van der Waals surface area contributed by atoms with E-state index in [9.17, 15) is 4.79 Å². The minimum atomic E-state index is -0.0525. The molecule has 0 spiro atoms. The van der Waals surface area contributed by atoms with Crippen LogP contribution in [-0.4, -0.2) is 43.5 Å². The monoisotopic (exact) mass is 349 g/mol. The van der Waals surface area contributed by atoms with Gasteiger partial charge in [0.25, 0.3) is 5.91 Å². The number of benzene rings is 2. The molecule has 0 aromatic heterocycles. The number of amides is 1. The van der Waals surface area contributed by atoms with E-state index in [-0.39, 0.29) is 5.91 Å². The molecular weight excluding hydrogens is 322 g/mol. The van der Waals surface area contributed by atoms with E-state index in [1.54, 1.807) is 6.08 Å². The van der Waals surface area contributed by atoms with Crippen molar-refractivity contribution in [3.8, 4) is 0 Å². The minimum absolute atomic E-state index is 0.0525. The summed E-state index contributed by atoms with van der Waals surface area (Å²) in [5.74, 6) is -0.0525. The van der Waals surface area contributed by atoms with Crippen LogP contribution in [0.3, 0.4) is 0 Å². The minimum Gasteiger partial charge on any atom is -0.369 e. The quantitative estimate of drug-likeness (QED) is 0.814. The molecule has 4 nitrogen and oxygen atoms in total.